The first kappa shape index (κ1) is 6.07. The Kier molecular flexibility index (Phi) is 1.38. The highest BCUT2D eigenvalue weighted by Crippen LogP contribution is 2.03. The zero-order chi connectivity index (χ0) is 6.85. The van der Waals surface area contributed by atoms with Gasteiger partial charge in [-0.1, -0.05) is 6.92 Å². The molecule has 50 valence electrons. The Labute approximate surface area is 52.6 Å². The van der Waals surface area contributed by atoms with Gasteiger partial charge in [0.1, 0.15) is 0 Å². The summed E-state index contributed by atoms with van der Waals surface area (Å²) in [6, 6.07) is 0. The van der Waals surface area contributed by atoms with E-state index in [1.165, 1.54) is 0 Å². The van der Waals surface area contributed by atoms with Gasteiger partial charge >= 0.3 is 0 Å². The van der Waals surface area contributed by atoms with Crippen molar-refractivity contribution in [3.8, 4) is 0 Å². The molecule has 4 heteroatoms. The third-order valence-corrected chi connectivity index (χ3v) is 1.26. The molecule has 0 saturated carbocycles. The summed E-state index contributed by atoms with van der Waals surface area (Å²) in [7, 11) is 0. The van der Waals surface area contributed by atoms with Crippen molar-refractivity contribution in [2.75, 3.05) is 0 Å². The maximum Gasteiger partial charge on any atom is 0.241 e. The summed E-state index contributed by atoms with van der Waals surface area (Å²) >= 11 is 0. The van der Waals surface area contributed by atoms with Crippen LogP contribution in [0.25, 0.3) is 0 Å². The van der Waals surface area contributed by atoms with Crippen LogP contribution in [0.4, 0.5) is 0 Å². The van der Waals surface area contributed by atoms with Gasteiger partial charge < -0.3 is 0 Å². The van der Waals surface area contributed by atoms with Crippen molar-refractivity contribution in [2.24, 2.45) is 5.92 Å². The molecule has 0 bridgehead atoms. The minimum Gasteiger partial charge on any atom is -0.273 e. The van der Waals surface area contributed by atoms with Gasteiger partial charge in [-0.2, -0.15) is 0 Å². The molecule has 1 fully saturated rings. The van der Waals surface area contributed by atoms with Crippen molar-refractivity contribution in [3.63, 3.8) is 0 Å². The largest absolute Gasteiger partial charge is 0.273 e. The minimum atomic E-state index is -0.182. The first-order chi connectivity index (χ1) is 4.20. The van der Waals surface area contributed by atoms with Crippen molar-refractivity contribution >= 4 is 11.8 Å². The van der Waals surface area contributed by atoms with Gasteiger partial charge in [-0.25, -0.2) is 0 Å². The smallest absolute Gasteiger partial charge is 0.241 e. The number of hydrogen-bond acceptors (Lipinski definition) is 2. The highest BCUT2D eigenvalue weighted by Gasteiger charge is 2.21. The van der Waals surface area contributed by atoms with Crippen molar-refractivity contribution in [2.45, 2.75) is 13.3 Å². The average Bonchev–Trinajstić information content (AvgIpc) is 1.80. The summed E-state index contributed by atoms with van der Waals surface area (Å²) in [6.07, 6.45) is 0.297. The molecular formula is C5H8N2O2. The molecule has 4 nitrogen and oxygen atoms in total. The van der Waals surface area contributed by atoms with Gasteiger partial charge in [0.15, 0.2) is 0 Å². The molecule has 1 aliphatic rings. The second-order valence-electron chi connectivity index (χ2n) is 2.14. The van der Waals surface area contributed by atoms with E-state index in [0.29, 0.717) is 6.42 Å². The molecule has 1 heterocycles. The van der Waals surface area contributed by atoms with Crippen LogP contribution in [0.2, 0.25) is 0 Å². The lowest BCUT2D eigenvalue weighted by molar-refractivity contribution is -0.137. The molecule has 0 spiro atoms. The van der Waals surface area contributed by atoms with Crippen molar-refractivity contribution in [3.05, 3.63) is 0 Å². The molecule has 0 aromatic rings. The fourth-order valence-corrected chi connectivity index (χ4v) is 0.676. The Morgan fingerprint density at radius 2 is 2.11 bits per heavy atom. The summed E-state index contributed by atoms with van der Waals surface area (Å²) in [5.74, 6) is -0.421. The van der Waals surface area contributed by atoms with E-state index in [2.05, 4.69) is 10.9 Å². The fourth-order valence-electron chi connectivity index (χ4n) is 0.676. The molecule has 0 aromatic heterocycles. The second kappa shape index (κ2) is 2.05. The minimum absolute atomic E-state index is 0.116. The van der Waals surface area contributed by atoms with Crippen LogP contribution < -0.4 is 10.9 Å². The monoisotopic (exact) mass is 128 g/mol. The lowest BCUT2D eigenvalue weighted by atomic mass is 10.1. The summed E-state index contributed by atoms with van der Waals surface area (Å²) in [5.41, 5.74) is 4.47. The molecule has 2 amide bonds. The summed E-state index contributed by atoms with van der Waals surface area (Å²) in [5, 5.41) is 0. The number of carbonyl (C=O) groups excluding carboxylic acids is 2. The predicted octanol–water partition coefficient (Wildman–Crippen LogP) is -0.826. The van der Waals surface area contributed by atoms with E-state index in [9.17, 15) is 9.59 Å². The van der Waals surface area contributed by atoms with Gasteiger partial charge in [0.05, 0.1) is 0 Å². The first-order valence-corrected chi connectivity index (χ1v) is 2.79. The molecule has 1 aliphatic heterocycles. The maximum absolute atomic E-state index is 10.6. The predicted molar refractivity (Wildman–Crippen MR) is 30.1 cm³/mol. The van der Waals surface area contributed by atoms with Crippen molar-refractivity contribution in [1.29, 1.82) is 0 Å². The molecule has 1 atom stereocenters. The van der Waals surface area contributed by atoms with Gasteiger partial charge in [0.25, 0.3) is 0 Å². The van der Waals surface area contributed by atoms with E-state index in [0.717, 1.165) is 0 Å². The van der Waals surface area contributed by atoms with Crippen LogP contribution in [0, 0.1) is 5.92 Å². The standard InChI is InChI=1S/C5H8N2O2/c1-3-2-4(8)6-7-5(3)9/h3H,2H2,1H3,(H,6,8)(H,7,9). The fraction of sp³-hybridized carbons (Fsp3) is 0.600. The Morgan fingerprint density at radius 1 is 1.44 bits per heavy atom. The Morgan fingerprint density at radius 3 is 2.56 bits per heavy atom. The summed E-state index contributed by atoms with van der Waals surface area (Å²) in [4.78, 5) is 21.1. The van der Waals surface area contributed by atoms with E-state index in [1.807, 2.05) is 0 Å². The highest BCUT2D eigenvalue weighted by molar-refractivity contribution is 5.90. The summed E-state index contributed by atoms with van der Waals surface area (Å²) < 4.78 is 0. The van der Waals surface area contributed by atoms with E-state index >= 15 is 0 Å². The van der Waals surface area contributed by atoms with Crippen LogP contribution in [-0.2, 0) is 9.59 Å². The Hall–Kier alpha value is -1.06. The van der Waals surface area contributed by atoms with Crippen LogP contribution in [-0.4, -0.2) is 11.8 Å². The highest BCUT2D eigenvalue weighted by atomic mass is 16.2. The number of carbonyl (C=O) groups is 2. The molecule has 0 radical (unpaired) electrons. The van der Waals surface area contributed by atoms with Crippen LogP contribution in [0.15, 0.2) is 0 Å². The lowest BCUT2D eigenvalue weighted by Crippen LogP contribution is -2.50. The topological polar surface area (TPSA) is 58.2 Å². The SMILES string of the molecule is CC1CC(=O)NNC1=O. The molecule has 9 heavy (non-hydrogen) atoms. The number of rotatable bonds is 0. The molecule has 1 unspecified atom stereocenters. The van der Waals surface area contributed by atoms with Crippen LogP contribution in [0.1, 0.15) is 13.3 Å². The van der Waals surface area contributed by atoms with Crippen molar-refractivity contribution < 1.29 is 9.59 Å². The van der Waals surface area contributed by atoms with Gasteiger partial charge in [-0.15, -0.1) is 0 Å². The molecule has 0 aromatic carbocycles. The number of nitrogens with one attached hydrogen (secondary N) is 2. The number of amides is 2. The molecular weight excluding hydrogens is 120 g/mol. The van der Waals surface area contributed by atoms with E-state index in [-0.39, 0.29) is 17.7 Å². The zero-order valence-corrected chi connectivity index (χ0v) is 5.10. The van der Waals surface area contributed by atoms with Gasteiger partial charge in [0.2, 0.25) is 11.8 Å². The van der Waals surface area contributed by atoms with E-state index in [1.54, 1.807) is 6.92 Å². The first-order valence-electron chi connectivity index (χ1n) is 2.79. The summed E-state index contributed by atoms with van der Waals surface area (Å²) in [6.45, 7) is 1.72. The second-order valence-corrected chi connectivity index (χ2v) is 2.14. The van der Waals surface area contributed by atoms with Crippen LogP contribution >= 0.6 is 0 Å². The third-order valence-electron chi connectivity index (χ3n) is 1.26. The lowest BCUT2D eigenvalue weighted by Gasteiger charge is -2.17. The van der Waals surface area contributed by atoms with E-state index in [4.69, 9.17) is 0 Å². The maximum atomic E-state index is 10.6. The normalized spacial score (nSPS) is 27.0. The Balaban J connectivity index is 2.54. The third kappa shape index (κ3) is 1.19. The van der Waals surface area contributed by atoms with Gasteiger partial charge in [-0.3, -0.25) is 20.4 Å². The average molecular weight is 128 g/mol. The molecule has 1 rings (SSSR count). The Bertz CT molecular complexity index is 155. The number of hydrazine groups is 1. The molecule has 0 aliphatic carbocycles. The molecule has 1 saturated heterocycles. The molecule has 2 N–H and O–H groups in total. The quantitative estimate of drug-likeness (QED) is 0.447. The van der Waals surface area contributed by atoms with E-state index < -0.39 is 0 Å². The van der Waals surface area contributed by atoms with Gasteiger partial charge in [0, 0.05) is 12.3 Å². The zero-order valence-electron chi connectivity index (χ0n) is 5.10. The van der Waals surface area contributed by atoms with Gasteiger partial charge in [-0.05, 0) is 0 Å². The van der Waals surface area contributed by atoms with Crippen LogP contribution in [0.5, 0.6) is 0 Å². The van der Waals surface area contributed by atoms with Crippen molar-refractivity contribution in [1.82, 2.24) is 10.9 Å². The van der Waals surface area contributed by atoms with Crippen LogP contribution in [0.3, 0.4) is 0 Å². The number of hydrogen-bond donors (Lipinski definition) is 2.